The smallest absolute Gasteiger partial charge is 0.213 e. The molecule has 0 unspecified atom stereocenters. The zero-order valence-electron chi connectivity index (χ0n) is 14.1. The van der Waals surface area contributed by atoms with E-state index in [0.29, 0.717) is 30.4 Å². The summed E-state index contributed by atoms with van der Waals surface area (Å²) in [4.78, 5) is 8.68. The van der Waals surface area contributed by atoms with Gasteiger partial charge in [-0.2, -0.15) is 0 Å². The van der Waals surface area contributed by atoms with Crippen LogP contribution in [-0.2, 0) is 6.54 Å². The summed E-state index contributed by atoms with van der Waals surface area (Å²) < 4.78 is 5.85. The summed E-state index contributed by atoms with van der Waals surface area (Å²) in [6, 6.07) is 3.92. The van der Waals surface area contributed by atoms with Gasteiger partial charge in [-0.05, 0) is 43.6 Å². The molecular weight excluding hydrogens is 403 g/mol. The largest absolute Gasteiger partial charge is 0.474 e. The van der Waals surface area contributed by atoms with Gasteiger partial charge < -0.3 is 15.8 Å². The minimum absolute atomic E-state index is 0. The Bertz CT molecular complexity index is 470. The van der Waals surface area contributed by atoms with Gasteiger partial charge >= 0.3 is 0 Å². The summed E-state index contributed by atoms with van der Waals surface area (Å²) in [5.74, 6) is 1.87. The standard InChI is InChI=1S/C17H28N4O.HI/c1-13(2)9-10-19-17(18)21-12-14-7-8-16(20-11-14)22-15-5-3-4-6-15;/h7-8,11,13,15H,3-6,9-10,12H2,1-2H3,(H3,18,19,21);1H. The van der Waals surface area contributed by atoms with Gasteiger partial charge in [-0.25, -0.2) is 9.98 Å². The first-order chi connectivity index (χ1) is 10.6. The molecule has 1 aromatic rings. The van der Waals surface area contributed by atoms with Gasteiger partial charge in [0, 0.05) is 18.8 Å². The lowest BCUT2D eigenvalue weighted by Gasteiger charge is -2.11. The summed E-state index contributed by atoms with van der Waals surface area (Å²) in [7, 11) is 0. The highest BCUT2D eigenvalue weighted by molar-refractivity contribution is 14.0. The Morgan fingerprint density at radius 1 is 1.39 bits per heavy atom. The summed E-state index contributed by atoms with van der Waals surface area (Å²) in [6.07, 6.45) is 8.07. The number of hydrogen-bond donors (Lipinski definition) is 2. The molecule has 0 aromatic carbocycles. The zero-order valence-corrected chi connectivity index (χ0v) is 16.5. The Morgan fingerprint density at radius 2 is 2.13 bits per heavy atom. The Hall–Kier alpha value is -1.05. The first-order valence-electron chi connectivity index (χ1n) is 8.29. The summed E-state index contributed by atoms with van der Waals surface area (Å²) in [5, 5.41) is 3.13. The molecule has 0 spiro atoms. The van der Waals surface area contributed by atoms with Crippen molar-refractivity contribution in [2.24, 2.45) is 16.6 Å². The Morgan fingerprint density at radius 3 is 2.74 bits per heavy atom. The summed E-state index contributed by atoms with van der Waals surface area (Å²) >= 11 is 0. The van der Waals surface area contributed by atoms with Crippen molar-refractivity contribution in [2.75, 3.05) is 6.54 Å². The Kier molecular flexibility index (Phi) is 9.28. The lowest BCUT2D eigenvalue weighted by atomic mass is 10.1. The predicted molar refractivity (Wildman–Crippen MR) is 105 cm³/mol. The van der Waals surface area contributed by atoms with Crippen LogP contribution in [0.3, 0.4) is 0 Å². The lowest BCUT2D eigenvalue weighted by molar-refractivity contribution is 0.201. The van der Waals surface area contributed by atoms with E-state index in [9.17, 15) is 0 Å². The third kappa shape index (κ3) is 7.85. The van der Waals surface area contributed by atoms with Crippen LogP contribution in [0.5, 0.6) is 5.88 Å². The van der Waals surface area contributed by atoms with Crippen molar-refractivity contribution < 1.29 is 4.74 Å². The number of aromatic nitrogens is 1. The minimum atomic E-state index is 0. The lowest BCUT2D eigenvalue weighted by Crippen LogP contribution is -2.32. The van der Waals surface area contributed by atoms with Crippen LogP contribution in [0.4, 0.5) is 0 Å². The highest BCUT2D eigenvalue weighted by atomic mass is 127. The number of hydrogen-bond acceptors (Lipinski definition) is 3. The van der Waals surface area contributed by atoms with E-state index in [1.807, 2.05) is 18.3 Å². The van der Waals surface area contributed by atoms with Gasteiger partial charge in [-0.15, -0.1) is 24.0 Å². The van der Waals surface area contributed by atoms with Crippen molar-refractivity contribution in [3.05, 3.63) is 23.9 Å². The fraction of sp³-hybridized carbons (Fsp3) is 0.647. The first-order valence-corrected chi connectivity index (χ1v) is 8.29. The van der Waals surface area contributed by atoms with Crippen molar-refractivity contribution in [3.63, 3.8) is 0 Å². The molecule has 0 aliphatic heterocycles. The molecule has 0 saturated heterocycles. The van der Waals surface area contributed by atoms with Crippen molar-refractivity contribution in [1.29, 1.82) is 0 Å². The quantitative estimate of drug-likeness (QED) is 0.393. The van der Waals surface area contributed by atoms with Crippen LogP contribution in [0.1, 0.15) is 51.5 Å². The molecule has 1 saturated carbocycles. The number of pyridine rings is 1. The topological polar surface area (TPSA) is 72.5 Å². The molecule has 1 aliphatic carbocycles. The van der Waals surface area contributed by atoms with E-state index in [0.717, 1.165) is 31.4 Å². The van der Waals surface area contributed by atoms with E-state index in [4.69, 9.17) is 10.5 Å². The molecule has 2 rings (SSSR count). The third-order valence-corrected chi connectivity index (χ3v) is 3.85. The number of aliphatic imine (C=N–C) groups is 1. The Labute approximate surface area is 156 Å². The Balaban J connectivity index is 0.00000264. The summed E-state index contributed by atoms with van der Waals surface area (Å²) in [5.41, 5.74) is 6.87. The van der Waals surface area contributed by atoms with Crippen LogP contribution in [-0.4, -0.2) is 23.6 Å². The molecule has 1 heterocycles. The molecule has 3 N–H and O–H groups in total. The van der Waals surface area contributed by atoms with Crippen LogP contribution in [0, 0.1) is 5.92 Å². The normalized spacial score (nSPS) is 15.5. The van der Waals surface area contributed by atoms with Crippen LogP contribution in [0.15, 0.2) is 23.3 Å². The monoisotopic (exact) mass is 432 g/mol. The van der Waals surface area contributed by atoms with Crippen molar-refractivity contribution in [3.8, 4) is 5.88 Å². The molecule has 0 atom stereocenters. The molecule has 1 fully saturated rings. The van der Waals surface area contributed by atoms with E-state index in [1.54, 1.807) is 0 Å². The van der Waals surface area contributed by atoms with Gasteiger partial charge in [0.05, 0.1) is 6.54 Å². The maximum atomic E-state index is 5.85. The van der Waals surface area contributed by atoms with E-state index >= 15 is 0 Å². The second-order valence-corrected chi connectivity index (χ2v) is 6.34. The maximum absolute atomic E-state index is 5.85. The third-order valence-electron chi connectivity index (χ3n) is 3.85. The molecule has 23 heavy (non-hydrogen) atoms. The van der Waals surface area contributed by atoms with Gasteiger partial charge in [-0.1, -0.05) is 19.9 Å². The SMILES string of the molecule is CC(C)CCNC(N)=NCc1ccc(OC2CCCC2)nc1.I. The van der Waals surface area contributed by atoms with Gasteiger partial charge in [-0.3, -0.25) is 0 Å². The van der Waals surface area contributed by atoms with Gasteiger partial charge in [0.15, 0.2) is 5.96 Å². The number of nitrogens with two attached hydrogens (primary N) is 1. The van der Waals surface area contributed by atoms with Crippen molar-refractivity contribution in [1.82, 2.24) is 10.3 Å². The molecule has 1 aliphatic rings. The molecule has 130 valence electrons. The molecular formula is C17H29IN4O. The molecule has 0 bridgehead atoms. The fourth-order valence-electron chi connectivity index (χ4n) is 2.47. The van der Waals surface area contributed by atoms with Crippen molar-refractivity contribution in [2.45, 2.75) is 58.6 Å². The number of nitrogens with zero attached hydrogens (tertiary/aromatic N) is 2. The van der Waals surface area contributed by atoms with Crippen LogP contribution >= 0.6 is 24.0 Å². The highest BCUT2D eigenvalue weighted by Crippen LogP contribution is 2.22. The second-order valence-electron chi connectivity index (χ2n) is 6.34. The molecule has 1 aromatic heterocycles. The molecule has 0 amide bonds. The number of halogens is 1. The predicted octanol–water partition coefficient (Wildman–Crippen LogP) is 3.47. The maximum Gasteiger partial charge on any atom is 0.213 e. The fourth-order valence-corrected chi connectivity index (χ4v) is 2.47. The number of nitrogens with one attached hydrogen (secondary N) is 1. The number of ether oxygens (including phenoxy) is 1. The van der Waals surface area contributed by atoms with Gasteiger partial charge in [0.1, 0.15) is 6.10 Å². The average molecular weight is 432 g/mol. The van der Waals surface area contributed by atoms with E-state index in [2.05, 4.69) is 29.1 Å². The van der Waals surface area contributed by atoms with Gasteiger partial charge in [0.25, 0.3) is 0 Å². The van der Waals surface area contributed by atoms with Crippen LogP contribution < -0.4 is 15.8 Å². The molecule has 6 heteroatoms. The minimum Gasteiger partial charge on any atom is -0.474 e. The van der Waals surface area contributed by atoms with E-state index in [-0.39, 0.29) is 24.0 Å². The van der Waals surface area contributed by atoms with Crippen molar-refractivity contribution >= 4 is 29.9 Å². The summed E-state index contributed by atoms with van der Waals surface area (Å²) in [6.45, 7) is 5.78. The number of guanidine groups is 1. The molecule has 0 radical (unpaired) electrons. The molecule has 5 nitrogen and oxygen atoms in total. The van der Waals surface area contributed by atoms with Crippen LogP contribution in [0.25, 0.3) is 0 Å². The first kappa shape index (κ1) is 20.0. The van der Waals surface area contributed by atoms with E-state index in [1.165, 1.54) is 12.8 Å². The number of rotatable bonds is 7. The average Bonchev–Trinajstić information content (AvgIpc) is 2.99. The van der Waals surface area contributed by atoms with E-state index < -0.39 is 0 Å². The highest BCUT2D eigenvalue weighted by Gasteiger charge is 2.16. The zero-order chi connectivity index (χ0) is 15.8. The van der Waals surface area contributed by atoms with Gasteiger partial charge in [0.2, 0.25) is 5.88 Å². The van der Waals surface area contributed by atoms with Crippen LogP contribution in [0.2, 0.25) is 0 Å². The second kappa shape index (κ2) is 10.7.